The topological polar surface area (TPSA) is 83.7 Å². The lowest BCUT2D eigenvalue weighted by atomic mass is 10.1. The lowest BCUT2D eigenvalue weighted by Crippen LogP contribution is -2.32. The van der Waals surface area contributed by atoms with Gasteiger partial charge in [0.2, 0.25) is 5.88 Å². The van der Waals surface area contributed by atoms with Crippen LogP contribution in [0.15, 0.2) is 23.1 Å². The van der Waals surface area contributed by atoms with E-state index in [1.54, 1.807) is 25.3 Å². The van der Waals surface area contributed by atoms with Crippen LogP contribution in [0.1, 0.15) is 87.1 Å². The summed E-state index contributed by atoms with van der Waals surface area (Å²) in [5.74, 6) is -1.08. The van der Waals surface area contributed by atoms with Crippen LogP contribution in [-0.4, -0.2) is 26.9 Å². The molecule has 2 heterocycles. The van der Waals surface area contributed by atoms with Gasteiger partial charge in [-0.25, -0.2) is 0 Å². The van der Waals surface area contributed by atoms with Gasteiger partial charge in [0.1, 0.15) is 5.65 Å². The third-order valence-corrected chi connectivity index (χ3v) is 5.07. The van der Waals surface area contributed by atoms with E-state index in [0.29, 0.717) is 12.2 Å². The minimum atomic E-state index is -0.568. The highest BCUT2D eigenvalue weighted by Gasteiger charge is 2.19. The molecule has 2 aromatic heterocycles. The van der Waals surface area contributed by atoms with Crippen LogP contribution in [0, 0.1) is 6.92 Å². The van der Waals surface area contributed by atoms with Crippen molar-refractivity contribution in [1.82, 2.24) is 14.7 Å². The summed E-state index contributed by atoms with van der Waals surface area (Å²) in [6, 6.07) is 3.51. The van der Waals surface area contributed by atoms with E-state index in [4.69, 9.17) is 0 Å². The summed E-state index contributed by atoms with van der Waals surface area (Å²) in [7, 11) is 0. The summed E-state index contributed by atoms with van der Waals surface area (Å²) < 4.78 is 1.30. The Morgan fingerprint density at radius 3 is 2.32 bits per heavy atom. The van der Waals surface area contributed by atoms with E-state index in [0.717, 1.165) is 24.8 Å². The number of hydrogen-bond acceptors (Lipinski definition) is 4. The number of nitrogens with zero attached hydrogens (tertiary/aromatic N) is 2. The van der Waals surface area contributed by atoms with Gasteiger partial charge in [-0.05, 0) is 25.0 Å². The molecule has 2 rings (SSSR count). The van der Waals surface area contributed by atoms with E-state index < -0.39 is 17.3 Å². The SMILES string of the molecule is CCCCCCCCCCCCNC(=O)c1c(O)nc2c(C)cccn2c1=O. The molecule has 0 aromatic carbocycles. The average Bonchev–Trinajstić information content (AvgIpc) is 2.67. The molecule has 0 aliphatic carbocycles. The number of aromatic nitrogens is 2. The molecule has 2 N–H and O–H groups in total. The molecule has 0 aliphatic rings. The molecule has 28 heavy (non-hydrogen) atoms. The smallest absolute Gasteiger partial charge is 0.274 e. The van der Waals surface area contributed by atoms with Crippen molar-refractivity contribution >= 4 is 11.6 Å². The van der Waals surface area contributed by atoms with Crippen LogP contribution in [-0.2, 0) is 0 Å². The van der Waals surface area contributed by atoms with Crippen LogP contribution in [0.2, 0.25) is 0 Å². The lowest BCUT2D eigenvalue weighted by Gasteiger charge is -2.09. The Morgan fingerprint density at radius 1 is 1.07 bits per heavy atom. The van der Waals surface area contributed by atoms with Gasteiger partial charge in [-0.2, -0.15) is 4.98 Å². The predicted octanol–water partition coefficient (Wildman–Crippen LogP) is 4.36. The zero-order valence-corrected chi connectivity index (χ0v) is 17.2. The number of aryl methyl sites for hydroxylation is 1. The Morgan fingerprint density at radius 2 is 1.68 bits per heavy atom. The molecule has 1 amide bonds. The summed E-state index contributed by atoms with van der Waals surface area (Å²) >= 11 is 0. The van der Waals surface area contributed by atoms with Crippen molar-refractivity contribution in [2.75, 3.05) is 6.54 Å². The fourth-order valence-electron chi connectivity index (χ4n) is 3.39. The maximum atomic E-state index is 12.5. The fourth-order valence-corrected chi connectivity index (χ4v) is 3.39. The van der Waals surface area contributed by atoms with Gasteiger partial charge in [-0.1, -0.05) is 70.8 Å². The van der Waals surface area contributed by atoms with E-state index in [2.05, 4.69) is 17.2 Å². The molecule has 0 saturated heterocycles. The molecule has 0 radical (unpaired) electrons. The normalized spacial score (nSPS) is 11.1. The summed E-state index contributed by atoms with van der Waals surface area (Å²) in [6.45, 7) is 4.52. The minimum Gasteiger partial charge on any atom is -0.493 e. The molecule has 0 bridgehead atoms. The Kier molecular flexibility index (Phi) is 8.98. The number of nitrogens with one attached hydrogen (secondary N) is 1. The van der Waals surface area contributed by atoms with Crippen molar-refractivity contribution in [3.63, 3.8) is 0 Å². The van der Waals surface area contributed by atoms with Crippen LogP contribution < -0.4 is 10.9 Å². The van der Waals surface area contributed by atoms with E-state index in [9.17, 15) is 14.7 Å². The fraction of sp³-hybridized carbons (Fsp3) is 0.591. The van der Waals surface area contributed by atoms with Crippen molar-refractivity contribution in [3.05, 3.63) is 39.8 Å². The molecule has 0 fully saturated rings. The van der Waals surface area contributed by atoms with Crippen molar-refractivity contribution in [3.8, 4) is 5.88 Å². The first kappa shape index (κ1) is 21.9. The third kappa shape index (κ3) is 6.08. The van der Waals surface area contributed by atoms with Crippen molar-refractivity contribution in [2.45, 2.75) is 78.1 Å². The highest BCUT2D eigenvalue weighted by Crippen LogP contribution is 2.14. The number of amides is 1. The molecule has 154 valence electrons. The number of unbranched alkanes of at least 4 members (excludes halogenated alkanes) is 9. The number of pyridine rings is 1. The van der Waals surface area contributed by atoms with Crippen LogP contribution in [0.3, 0.4) is 0 Å². The summed E-state index contributed by atoms with van der Waals surface area (Å²) in [5.41, 5.74) is 0.269. The highest BCUT2D eigenvalue weighted by molar-refractivity contribution is 5.96. The van der Waals surface area contributed by atoms with Crippen molar-refractivity contribution in [1.29, 1.82) is 0 Å². The largest absolute Gasteiger partial charge is 0.493 e. The second-order valence-electron chi connectivity index (χ2n) is 7.44. The minimum absolute atomic E-state index is 0.296. The summed E-state index contributed by atoms with van der Waals surface area (Å²) in [4.78, 5) is 28.9. The maximum Gasteiger partial charge on any atom is 0.274 e. The molecule has 0 saturated carbocycles. The molecule has 6 heteroatoms. The molecule has 2 aromatic rings. The molecule has 6 nitrogen and oxygen atoms in total. The molecule has 0 spiro atoms. The van der Waals surface area contributed by atoms with E-state index >= 15 is 0 Å². The first-order valence-corrected chi connectivity index (χ1v) is 10.6. The van der Waals surface area contributed by atoms with Crippen LogP contribution in [0.4, 0.5) is 0 Å². The van der Waals surface area contributed by atoms with Crippen LogP contribution in [0.5, 0.6) is 5.88 Å². The van der Waals surface area contributed by atoms with Gasteiger partial charge < -0.3 is 10.4 Å². The van der Waals surface area contributed by atoms with Gasteiger partial charge in [0, 0.05) is 12.7 Å². The Labute approximate surface area is 167 Å². The van der Waals surface area contributed by atoms with E-state index in [-0.39, 0.29) is 5.56 Å². The monoisotopic (exact) mass is 387 g/mol. The predicted molar refractivity (Wildman–Crippen MR) is 112 cm³/mol. The van der Waals surface area contributed by atoms with E-state index in [1.807, 2.05) is 0 Å². The second kappa shape index (κ2) is 11.5. The first-order chi connectivity index (χ1) is 13.6. The average molecular weight is 388 g/mol. The van der Waals surface area contributed by atoms with Crippen LogP contribution in [0.25, 0.3) is 5.65 Å². The maximum absolute atomic E-state index is 12.5. The zero-order chi connectivity index (χ0) is 20.4. The van der Waals surface area contributed by atoms with Gasteiger partial charge in [-0.15, -0.1) is 0 Å². The second-order valence-corrected chi connectivity index (χ2v) is 7.44. The van der Waals surface area contributed by atoms with Gasteiger partial charge >= 0.3 is 0 Å². The number of aromatic hydroxyl groups is 1. The highest BCUT2D eigenvalue weighted by atomic mass is 16.3. The number of hydrogen-bond donors (Lipinski definition) is 2. The number of fused-ring (bicyclic) bond motifs is 1. The molecule has 0 atom stereocenters. The molecular formula is C22H33N3O3. The standard InChI is InChI=1S/C22H33N3O3/c1-3-4-5-6-7-8-9-10-11-12-15-23-20(26)18-21(27)24-19-17(2)14-13-16-25(19)22(18)28/h13-14,16,27H,3-12,15H2,1-2H3,(H,23,26). The van der Waals surface area contributed by atoms with Crippen molar-refractivity contribution in [2.24, 2.45) is 0 Å². The van der Waals surface area contributed by atoms with Gasteiger partial charge in [0.05, 0.1) is 0 Å². The summed E-state index contributed by atoms with van der Waals surface area (Å²) in [5, 5.41) is 12.8. The molecule has 0 unspecified atom stereocenters. The van der Waals surface area contributed by atoms with Crippen molar-refractivity contribution < 1.29 is 9.90 Å². The van der Waals surface area contributed by atoms with Gasteiger partial charge in [0.25, 0.3) is 11.5 Å². The Hall–Kier alpha value is -2.37. The zero-order valence-electron chi connectivity index (χ0n) is 17.2. The van der Waals surface area contributed by atoms with Gasteiger partial charge in [0.15, 0.2) is 5.56 Å². The number of rotatable bonds is 12. The first-order valence-electron chi connectivity index (χ1n) is 10.6. The van der Waals surface area contributed by atoms with E-state index in [1.165, 1.54) is 49.3 Å². The third-order valence-electron chi connectivity index (χ3n) is 5.07. The summed E-state index contributed by atoms with van der Waals surface area (Å²) in [6.07, 6.45) is 13.8. The van der Waals surface area contributed by atoms with Gasteiger partial charge in [-0.3, -0.25) is 14.0 Å². The Bertz CT molecular complexity index is 830. The molecule has 0 aliphatic heterocycles. The number of carbonyl (C=O) groups excluding carboxylic acids is 1. The molecular weight excluding hydrogens is 354 g/mol. The Balaban J connectivity index is 1.75. The number of carbonyl (C=O) groups is 1. The lowest BCUT2D eigenvalue weighted by molar-refractivity contribution is 0.0947. The quantitative estimate of drug-likeness (QED) is 0.530. The van der Waals surface area contributed by atoms with Crippen LogP contribution >= 0.6 is 0 Å².